The smallest absolute Gasteiger partial charge is 0.191 e. The summed E-state index contributed by atoms with van der Waals surface area (Å²) in [6.45, 7) is 12.0. The topological polar surface area (TPSA) is 69.1 Å². The Kier molecular flexibility index (Phi) is 11.3. The molecule has 3 N–H and O–H groups in total. The first-order valence-electron chi connectivity index (χ1n) is 9.64. The number of halogens is 1. The Morgan fingerprint density at radius 2 is 1.84 bits per heavy atom. The van der Waals surface area contributed by atoms with Crippen molar-refractivity contribution in [2.24, 2.45) is 10.9 Å². The molecular formula is C18H37IN4O2. The van der Waals surface area contributed by atoms with Gasteiger partial charge in [-0.2, -0.15) is 0 Å². The summed E-state index contributed by atoms with van der Waals surface area (Å²) < 4.78 is 5.48. The van der Waals surface area contributed by atoms with Crippen molar-refractivity contribution in [3.63, 3.8) is 0 Å². The van der Waals surface area contributed by atoms with Crippen LogP contribution in [0.3, 0.4) is 0 Å². The third kappa shape index (κ3) is 7.97. The summed E-state index contributed by atoms with van der Waals surface area (Å²) >= 11 is 0. The van der Waals surface area contributed by atoms with Crippen LogP contribution in [-0.2, 0) is 4.74 Å². The minimum absolute atomic E-state index is 0. The quantitative estimate of drug-likeness (QED) is 0.315. The summed E-state index contributed by atoms with van der Waals surface area (Å²) in [6, 6.07) is 0.879. The van der Waals surface area contributed by atoms with Crippen LogP contribution in [0.2, 0.25) is 0 Å². The molecule has 1 atom stereocenters. The third-order valence-corrected chi connectivity index (χ3v) is 5.10. The molecule has 0 aromatic carbocycles. The summed E-state index contributed by atoms with van der Waals surface area (Å²) in [5.41, 5.74) is 0. The van der Waals surface area contributed by atoms with Gasteiger partial charge in [-0.1, -0.05) is 13.8 Å². The van der Waals surface area contributed by atoms with Crippen LogP contribution in [0, 0.1) is 5.92 Å². The molecule has 1 unspecified atom stereocenters. The summed E-state index contributed by atoms with van der Waals surface area (Å²) in [5, 5.41) is 16.6. The van der Waals surface area contributed by atoms with Crippen molar-refractivity contribution in [3.05, 3.63) is 0 Å². The molecule has 0 bridgehead atoms. The van der Waals surface area contributed by atoms with E-state index in [9.17, 15) is 5.11 Å². The Morgan fingerprint density at radius 1 is 1.20 bits per heavy atom. The molecule has 0 aromatic heterocycles. The van der Waals surface area contributed by atoms with Crippen molar-refractivity contribution in [1.82, 2.24) is 15.5 Å². The molecule has 25 heavy (non-hydrogen) atoms. The van der Waals surface area contributed by atoms with E-state index in [1.54, 1.807) is 0 Å². The third-order valence-electron chi connectivity index (χ3n) is 5.10. The molecule has 2 aliphatic rings. The van der Waals surface area contributed by atoms with Gasteiger partial charge in [0, 0.05) is 31.7 Å². The Hall–Kier alpha value is -0.120. The van der Waals surface area contributed by atoms with Crippen molar-refractivity contribution in [2.75, 3.05) is 39.4 Å². The van der Waals surface area contributed by atoms with Gasteiger partial charge >= 0.3 is 0 Å². The van der Waals surface area contributed by atoms with Gasteiger partial charge in [0.1, 0.15) is 0 Å². The Bertz CT molecular complexity index is 381. The number of hydrogen-bond donors (Lipinski definition) is 3. The standard InChI is InChI=1S/C18H36N4O2.HI/c1-4-19-18(21-15-5-7-16(23)8-6-15)20-13-17(14(2)3)22-9-11-24-12-10-22;/h14-17,23H,4-13H2,1-3H3,(H2,19,20,21);1H. The lowest BCUT2D eigenvalue weighted by Gasteiger charge is -2.36. The van der Waals surface area contributed by atoms with Crippen LogP contribution >= 0.6 is 24.0 Å². The largest absolute Gasteiger partial charge is 0.393 e. The monoisotopic (exact) mass is 468 g/mol. The lowest BCUT2D eigenvalue weighted by molar-refractivity contribution is 0.00866. The van der Waals surface area contributed by atoms with E-state index in [2.05, 4.69) is 36.3 Å². The molecule has 148 valence electrons. The second kappa shape index (κ2) is 12.3. The van der Waals surface area contributed by atoms with Crippen LogP contribution in [0.25, 0.3) is 0 Å². The molecule has 2 fully saturated rings. The van der Waals surface area contributed by atoms with E-state index in [4.69, 9.17) is 9.73 Å². The molecule has 7 heteroatoms. The maximum atomic E-state index is 9.66. The summed E-state index contributed by atoms with van der Waals surface area (Å²) in [7, 11) is 0. The van der Waals surface area contributed by atoms with Gasteiger partial charge in [0.2, 0.25) is 0 Å². The highest BCUT2D eigenvalue weighted by Gasteiger charge is 2.24. The number of hydrogen-bond acceptors (Lipinski definition) is 4. The van der Waals surface area contributed by atoms with Crippen molar-refractivity contribution in [2.45, 2.75) is 64.6 Å². The molecule has 1 aliphatic carbocycles. The van der Waals surface area contributed by atoms with Gasteiger partial charge in [-0.05, 0) is 38.5 Å². The average Bonchev–Trinajstić information content (AvgIpc) is 2.58. The normalized spacial score (nSPS) is 26.8. The number of nitrogens with one attached hydrogen (secondary N) is 2. The van der Waals surface area contributed by atoms with Crippen molar-refractivity contribution < 1.29 is 9.84 Å². The molecule has 0 spiro atoms. The average molecular weight is 468 g/mol. The van der Waals surface area contributed by atoms with Gasteiger partial charge in [-0.15, -0.1) is 24.0 Å². The van der Waals surface area contributed by atoms with Gasteiger partial charge in [-0.25, -0.2) is 0 Å². The Labute approximate surface area is 170 Å². The molecule has 1 saturated heterocycles. The minimum atomic E-state index is -0.116. The summed E-state index contributed by atoms with van der Waals surface area (Å²) in [6.07, 6.45) is 3.69. The fraction of sp³-hybridized carbons (Fsp3) is 0.944. The van der Waals surface area contributed by atoms with Gasteiger partial charge < -0.3 is 20.5 Å². The van der Waals surface area contributed by atoms with Crippen LogP contribution in [0.15, 0.2) is 4.99 Å². The van der Waals surface area contributed by atoms with Crippen LogP contribution < -0.4 is 10.6 Å². The van der Waals surface area contributed by atoms with E-state index in [0.29, 0.717) is 18.0 Å². The zero-order valence-corrected chi connectivity index (χ0v) is 18.4. The fourth-order valence-electron chi connectivity index (χ4n) is 3.58. The second-order valence-corrected chi connectivity index (χ2v) is 7.33. The molecule has 6 nitrogen and oxygen atoms in total. The number of ether oxygens (including phenoxy) is 1. The number of morpholine rings is 1. The van der Waals surface area contributed by atoms with Gasteiger partial charge in [-0.3, -0.25) is 9.89 Å². The summed E-state index contributed by atoms with van der Waals surface area (Å²) in [5.74, 6) is 1.48. The van der Waals surface area contributed by atoms with E-state index in [1.165, 1.54) is 0 Å². The zero-order valence-electron chi connectivity index (χ0n) is 16.0. The van der Waals surface area contributed by atoms with E-state index in [0.717, 1.165) is 71.0 Å². The molecule has 1 heterocycles. The molecule has 0 amide bonds. The summed E-state index contributed by atoms with van der Waals surface area (Å²) in [4.78, 5) is 7.38. The SMILES string of the molecule is CCNC(=NCC(C(C)C)N1CCOCC1)NC1CCC(O)CC1.I. The molecular weight excluding hydrogens is 431 g/mol. The number of rotatable bonds is 6. The lowest BCUT2D eigenvalue weighted by Crippen LogP contribution is -2.49. The Balaban J connectivity index is 0.00000312. The maximum absolute atomic E-state index is 9.66. The highest BCUT2D eigenvalue weighted by molar-refractivity contribution is 14.0. The molecule has 1 aliphatic heterocycles. The van der Waals surface area contributed by atoms with E-state index < -0.39 is 0 Å². The fourth-order valence-corrected chi connectivity index (χ4v) is 3.58. The van der Waals surface area contributed by atoms with E-state index in [1.807, 2.05) is 0 Å². The molecule has 0 radical (unpaired) electrons. The van der Waals surface area contributed by atoms with Gasteiger partial charge in [0.05, 0.1) is 25.9 Å². The van der Waals surface area contributed by atoms with Crippen LogP contribution in [0.1, 0.15) is 46.5 Å². The number of guanidine groups is 1. The number of aliphatic imine (C=N–C) groups is 1. The van der Waals surface area contributed by atoms with Crippen molar-refractivity contribution in [1.29, 1.82) is 0 Å². The van der Waals surface area contributed by atoms with Gasteiger partial charge in [0.25, 0.3) is 0 Å². The first-order valence-corrected chi connectivity index (χ1v) is 9.64. The first kappa shape index (κ1) is 22.9. The zero-order chi connectivity index (χ0) is 17.4. The van der Waals surface area contributed by atoms with Crippen LogP contribution in [0.4, 0.5) is 0 Å². The Morgan fingerprint density at radius 3 is 2.40 bits per heavy atom. The van der Waals surface area contributed by atoms with Crippen molar-refractivity contribution in [3.8, 4) is 0 Å². The van der Waals surface area contributed by atoms with E-state index in [-0.39, 0.29) is 30.1 Å². The predicted molar refractivity (Wildman–Crippen MR) is 114 cm³/mol. The predicted octanol–water partition coefficient (Wildman–Crippen LogP) is 1.82. The van der Waals surface area contributed by atoms with Crippen LogP contribution in [0.5, 0.6) is 0 Å². The molecule has 2 rings (SSSR count). The number of nitrogens with zero attached hydrogens (tertiary/aromatic N) is 2. The highest BCUT2D eigenvalue weighted by atomic mass is 127. The first-order chi connectivity index (χ1) is 11.6. The van der Waals surface area contributed by atoms with Crippen LogP contribution in [-0.4, -0.2) is 73.5 Å². The maximum Gasteiger partial charge on any atom is 0.191 e. The highest BCUT2D eigenvalue weighted by Crippen LogP contribution is 2.18. The van der Waals surface area contributed by atoms with Crippen molar-refractivity contribution >= 4 is 29.9 Å². The lowest BCUT2D eigenvalue weighted by atomic mass is 9.93. The number of aliphatic hydroxyl groups excluding tert-OH is 1. The second-order valence-electron chi connectivity index (χ2n) is 7.33. The molecule has 0 aromatic rings. The minimum Gasteiger partial charge on any atom is -0.393 e. The molecule has 1 saturated carbocycles. The number of aliphatic hydroxyl groups is 1. The van der Waals surface area contributed by atoms with Gasteiger partial charge in [0.15, 0.2) is 5.96 Å². The van der Waals surface area contributed by atoms with E-state index >= 15 is 0 Å².